The summed E-state index contributed by atoms with van der Waals surface area (Å²) in [4.78, 5) is 12.2. The molecule has 0 bridgehead atoms. The molecular weight excluding hydrogens is 318 g/mol. The van der Waals surface area contributed by atoms with E-state index in [0.717, 1.165) is 6.54 Å². The van der Waals surface area contributed by atoms with Crippen molar-refractivity contribution >= 4 is 15.9 Å². The van der Waals surface area contributed by atoms with E-state index in [1.54, 1.807) is 20.9 Å². The number of aryl methyl sites for hydroxylation is 2. The molecule has 1 aromatic heterocycles. The zero-order chi connectivity index (χ0) is 17.8. The Morgan fingerprint density at radius 2 is 1.91 bits per heavy atom. The Morgan fingerprint density at radius 1 is 1.30 bits per heavy atom. The predicted molar refractivity (Wildman–Crippen MR) is 88.6 cm³/mol. The van der Waals surface area contributed by atoms with Gasteiger partial charge < -0.3 is 10.6 Å². The SMILES string of the molecule is CCN[C@H](C)CNC(=O)C(C)NS(=O)(=O)c1c(C)nn(C)c1C. The van der Waals surface area contributed by atoms with Gasteiger partial charge in [0.05, 0.1) is 17.4 Å². The Balaban J connectivity index is 2.75. The first-order valence-electron chi connectivity index (χ1n) is 7.63. The molecule has 0 fully saturated rings. The molecule has 0 aromatic carbocycles. The van der Waals surface area contributed by atoms with Crippen LogP contribution in [0.25, 0.3) is 0 Å². The van der Waals surface area contributed by atoms with E-state index in [-0.39, 0.29) is 16.8 Å². The lowest BCUT2D eigenvalue weighted by Crippen LogP contribution is -2.48. The van der Waals surface area contributed by atoms with E-state index in [0.29, 0.717) is 17.9 Å². The average Bonchev–Trinajstić information content (AvgIpc) is 2.69. The first-order chi connectivity index (χ1) is 10.6. The minimum atomic E-state index is -3.80. The van der Waals surface area contributed by atoms with E-state index >= 15 is 0 Å². The van der Waals surface area contributed by atoms with Gasteiger partial charge >= 0.3 is 0 Å². The molecule has 3 N–H and O–H groups in total. The van der Waals surface area contributed by atoms with Gasteiger partial charge in [-0.2, -0.15) is 9.82 Å². The van der Waals surface area contributed by atoms with Crippen LogP contribution in [0.3, 0.4) is 0 Å². The first kappa shape index (κ1) is 19.6. The van der Waals surface area contributed by atoms with Crippen LogP contribution in [0.4, 0.5) is 0 Å². The Morgan fingerprint density at radius 3 is 2.39 bits per heavy atom. The van der Waals surface area contributed by atoms with Crippen molar-refractivity contribution in [1.82, 2.24) is 25.1 Å². The Kier molecular flexibility index (Phi) is 6.72. The monoisotopic (exact) mass is 345 g/mol. The summed E-state index contributed by atoms with van der Waals surface area (Å²) in [6.07, 6.45) is 0. The van der Waals surface area contributed by atoms with Crippen LogP contribution >= 0.6 is 0 Å². The van der Waals surface area contributed by atoms with E-state index in [1.165, 1.54) is 11.6 Å². The van der Waals surface area contributed by atoms with Crippen LogP contribution < -0.4 is 15.4 Å². The van der Waals surface area contributed by atoms with Crippen LogP contribution in [-0.4, -0.2) is 49.3 Å². The second-order valence-electron chi connectivity index (χ2n) is 5.67. The standard InChI is InChI=1S/C14H27N5O3S/c1-7-15-9(2)8-16-14(20)11(4)18-23(21,22)13-10(3)17-19(6)12(13)5/h9,11,15,18H,7-8H2,1-6H3,(H,16,20)/t9-,11?/m1/s1. The highest BCUT2D eigenvalue weighted by Gasteiger charge is 2.27. The van der Waals surface area contributed by atoms with E-state index in [1.807, 2.05) is 13.8 Å². The highest BCUT2D eigenvalue weighted by molar-refractivity contribution is 7.89. The summed E-state index contributed by atoms with van der Waals surface area (Å²) in [5.41, 5.74) is 0.939. The van der Waals surface area contributed by atoms with Gasteiger partial charge in [0.25, 0.3) is 0 Å². The molecule has 0 spiro atoms. The van der Waals surface area contributed by atoms with Crippen molar-refractivity contribution in [3.05, 3.63) is 11.4 Å². The normalized spacial score (nSPS) is 14.5. The van der Waals surface area contributed by atoms with E-state index in [4.69, 9.17) is 0 Å². The molecule has 0 radical (unpaired) electrons. The second kappa shape index (κ2) is 7.89. The van der Waals surface area contributed by atoms with Crippen LogP contribution in [0.2, 0.25) is 0 Å². The van der Waals surface area contributed by atoms with Crippen LogP contribution in [-0.2, 0) is 21.9 Å². The fourth-order valence-corrected chi connectivity index (χ4v) is 3.96. The number of sulfonamides is 1. The third-order valence-electron chi connectivity index (χ3n) is 3.57. The van der Waals surface area contributed by atoms with Crippen molar-refractivity contribution in [1.29, 1.82) is 0 Å². The van der Waals surface area contributed by atoms with Crippen molar-refractivity contribution in [3.63, 3.8) is 0 Å². The number of aromatic nitrogens is 2. The number of nitrogens with zero attached hydrogens (tertiary/aromatic N) is 2. The van der Waals surface area contributed by atoms with Crippen molar-refractivity contribution < 1.29 is 13.2 Å². The van der Waals surface area contributed by atoms with Crippen molar-refractivity contribution in [2.45, 2.75) is 51.6 Å². The third-order valence-corrected chi connectivity index (χ3v) is 5.36. The maximum atomic E-state index is 12.5. The van der Waals surface area contributed by atoms with E-state index in [2.05, 4.69) is 20.5 Å². The van der Waals surface area contributed by atoms with Gasteiger partial charge in [-0.05, 0) is 34.2 Å². The molecule has 0 saturated carbocycles. The van der Waals surface area contributed by atoms with E-state index in [9.17, 15) is 13.2 Å². The number of likely N-dealkylation sites (N-methyl/N-ethyl adjacent to an activating group) is 1. The third kappa shape index (κ3) is 5.02. The second-order valence-corrected chi connectivity index (χ2v) is 7.32. The summed E-state index contributed by atoms with van der Waals surface area (Å²) in [6, 6.07) is -0.747. The molecule has 0 aliphatic carbocycles. The number of rotatable bonds is 8. The van der Waals surface area contributed by atoms with Gasteiger partial charge in [-0.3, -0.25) is 9.48 Å². The zero-order valence-electron chi connectivity index (χ0n) is 14.6. The zero-order valence-corrected chi connectivity index (χ0v) is 15.4. The van der Waals surface area contributed by atoms with Gasteiger partial charge in [0.2, 0.25) is 15.9 Å². The van der Waals surface area contributed by atoms with Gasteiger partial charge in [0.15, 0.2) is 0 Å². The molecule has 0 saturated heterocycles. The Bertz CT molecular complexity index is 654. The Hall–Kier alpha value is -1.45. The molecule has 132 valence electrons. The van der Waals surface area contributed by atoms with Crippen LogP contribution in [0, 0.1) is 13.8 Å². The smallest absolute Gasteiger partial charge is 0.244 e. The van der Waals surface area contributed by atoms with Crippen LogP contribution in [0.15, 0.2) is 4.90 Å². The molecule has 0 aliphatic heterocycles. The van der Waals surface area contributed by atoms with Gasteiger partial charge in [-0.1, -0.05) is 6.92 Å². The lowest BCUT2D eigenvalue weighted by molar-refractivity contribution is -0.122. The van der Waals surface area contributed by atoms with Crippen molar-refractivity contribution in [3.8, 4) is 0 Å². The summed E-state index contributed by atoms with van der Waals surface area (Å²) < 4.78 is 28.9. The molecule has 1 amide bonds. The minimum absolute atomic E-state index is 0.121. The lowest BCUT2D eigenvalue weighted by Gasteiger charge is -2.17. The Labute approximate surface area is 138 Å². The maximum Gasteiger partial charge on any atom is 0.244 e. The number of amides is 1. The lowest BCUT2D eigenvalue weighted by atomic mass is 10.3. The molecule has 8 nitrogen and oxygen atoms in total. The predicted octanol–water partition coefficient (Wildman–Crippen LogP) is -0.182. The maximum absolute atomic E-state index is 12.5. The van der Waals surface area contributed by atoms with Crippen molar-refractivity contribution in [2.75, 3.05) is 13.1 Å². The average molecular weight is 345 g/mol. The van der Waals surface area contributed by atoms with Gasteiger partial charge in [-0.15, -0.1) is 0 Å². The van der Waals surface area contributed by atoms with Gasteiger partial charge in [0, 0.05) is 19.6 Å². The summed E-state index contributed by atoms with van der Waals surface area (Å²) in [6.45, 7) is 9.99. The molecule has 9 heteroatoms. The molecule has 1 rings (SSSR count). The summed E-state index contributed by atoms with van der Waals surface area (Å²) in [5.74, 6) is -0.363. The minimum Gasteiger partial charge on any atom is -0.353 e. The summed E-state index contributed by atoms with van der Waals surface area (Å²) >= 11 is 0. The highest BCUT2D eigenvalue weighted by Crippen LogP contribution is 2.18. The highest BCUT2D eigenvalue weighted by atomic mass is 32.2. The number of carbonyl (C=O) groups excluding carboxylic acids is 1. The molecule has 23 heavy (non-hydrogen) atoms. The summed E-state index contributed by atoms with van der Waals surface area (Å²) in [7, 11) is -2.12. The van der Waals surface area contributed by atoms with Crippen LogP contribution in [0.5, 0.6) is 0 Å². The van der Waals surface area contributed by atoms with Gasteiger partial charge in [-0.25, -0.2) is 8.42 Å². The van der Waals surface area contributed by atoms with Crippen LogP contribution in [0.1, 0.15) is 32.2 Å². The number of hydrogen-bond donors (Lipinski definition) is 3. The number of hydrogen-bond acceptors (Lipinski definition) is 5. The molecular formula is C14H27N5O3S. The fraction of sp³-hybridized carbons (Fsp3) is 0.714. The molecule has 2 atom stereocenters. The first-order valence-corrected chi connectivity index (χ1v) is 9.12. The molecule has 1 unspecified atom stereocenters. The number of carbonyl (C=O) groups is 1. The molecule has 1 heterocycles. The fourth-order valence-electron chi connectivity index (χ4n) is 2.32. The van der Waals surface area contributed by atoms with Gasteiger partial charge in [0.1, 0.15) is 4.90 Å². The number of nitrogens with one attached hydrogen (secondary N) is 3. The summed E-state index contributed by atoms with van der Waals surface area (Å²) in [5, 5.41) is 9.99. The van der Waals surface area contributed by atoms with Crippen molar-refractivity contribution in [2.24, 2.45) is 7.05 Å². The van der Waals surface area contributed by atoms with E-state index < -0.39 is 16.1 Å². The largest absolute Gasteiger partial charge is 0.353 e. The molecule has 0 aliphatic rings. The molecule has 1 aromatic rings. The topological polar surface area (TPSA) is 105 Å². The quantitative estimate of drug-likeness (QED) is 0.606.